The first-order chi connectivity index (χ1) is 15.9. The minimum atomic E-state index is -1.66. The van der Waals surface area contributed by atoms with Gasteiger partial charge in [-0.15, -0.1) is 0 Å². The number of nitrogens with one attached hydrogen (secondary N) is 3. The number of ether oxygens (including phenoxy) is 5. The molecular weight excluding hydrogens is 446 g/mol. The van der Waals surface area contributed by atoms with Crippen molar-refractivity contribution in [2.24, 2.45) is 0 Å². The van der Waals surface area contributed by atoms with Gasteiger partial charge in [0.25, 0.3) is 5.91 Å². The number of aliphatic hydroxyl groups excluding tert-OH is 3. The maximum absolute atomic E-state index is 12.3. The van der Waals surface area contributed by atoms with Crippen molar-refractivity contribution in [1.29, 1.82) is 0 Å². The molecular formula is C19H35N3O11. The molecule has 192 valence electrons. The van der Waals surface area contributed by atoms with E-state index < -0.39 is 42.3 Å². The van der Waals surface area contributed by atoms with E-state index in [4.69, 9.17) is 23.7 Å². The summed E-state index contributed by atoms with van der Waals surface area (Å²) in [6.45, 7) is 2.32. The number of methoxy groups -OCH3 is 1. The molecule has 33 heavy (non-hydrogen) atoms. The molecule has 14 nitrogen and oxygen atoms in total. The fraction of sp³-hybridized carbons (Fsp3) is 0.842. The second kappa shape index (κ2) is 17.6. The monoisotopic (exact) mass is 481 g/mol. The number of carbonyl (C=O) groups excluding carboxylic acids is 3. The van der Waals surface area contributed by atoms with E-state index in [1.165, 1.54) is 0 Å². The largest absolute Gasteiger partial charge is 0.388 e. The Morgan fingerprint density at radius 2 is 1.48 bits per heavy atom. The summed E-state index contributed by atoms with van der Waals surface area (Å²) in [5, 5.41) is 37.2. The molecule has 6 N–H and O–H groups in total. The van der Waals surface area contributed by atoms with Gasteiger partial charge < -0.3 is 55.0 Å². The van der Waals surface area contributed by atoms with Crippen LogP contribution < -0.4 is 16.0 Å². The van der Waals surface area contributed by atoms with Crippen molar-refractivity contribution in [2.45, 2.75) is 30.5 Å². The van der Waals surface area contributed by atoms with Crippen LogP contribution in [0.1, 0.15) is 0 Å². The Labute approximate surface area is 191 Å². The number of aliphatic hydroxyl groups is 3. The van der Waals surface area contributed by atoms with Gasteiger partial charge in [-0.3, -0.25) is 14.4 Å². The Kier molecular flexibility index (Phi) is 15.5. The first-order valence-electron chi connectivity index (χ1n) is 10.6. The molecule has 3 amide bonds. The summed E-state index contributed by atoms with van der Waals surface area (Å²) in [5.41, 5.74) is 0. The van der Waals surface area contributed by atoms with Gasteiger partial charge in [-0.2, -0.15) is 0 Å². The van der Waals surface area contributed by atoms with Crippen molar-refractivity contribution in [1.82, 2.24) is 16.0 Å². The fourth-order valence-corrected chi connectivity index (χ4v) is 2.78. The molecule has 1 aliphatic rings. The predicted octanol–water partition coefficient (Wildman–Crippen LogP) is -4.49. The Bertz CT molecular complexity index is 569. The van der Waals surface area contributed by atoms with E-state index in [0.29, 0.717) is 46.1 Å². The first-order valence-corrected chi connectivity index (χ1v) is 10.6. The third-order valence-corrected chi connectivity index (χ3v) is 4.54. The van der Waals surface area contributed by atoms with E-state index in [-0.39, 0.29) is 26.2 Å². The van der Waals surface area contributed by atoms with Crippen molar-refractivity contribution in [2.75, 3.05) is 73.0 Å². The number of amides is 3. The lowest BCUT2D eigenvalue weighted by Gasteiger charge is -2.39. The standard InChI is InChI=1S/C19H35N3O11/c1-29-4-5-31-8-9-32-7-6-30-3-2-21-19(28)18-17(27)16(26)15(25)13(33-18)10-22-14(24)11-20-12-23/h12-13,15-18,25-27H,2-11H2,1H3,(H,20,23)(H,21,28)(H,22,24). The van der Waals surface area contributed by atoms with Crippen LogP contribution in [0.2, 0.25) is 0 Å². The number of carbonyl (C=O) groups is 3. The topological polar surface area (TPSA) is 194 Å². The Morgan fingerprint density at radius 1 is 0.879 bits per heavy atom. The number of hydrogen-bond donors (Lipinski definition) is 6. The fourth-order valence-electron chi connectivity index (χ4n) is 2.78. The van der Waals surface area contributed by atoms with Crippen molar-refractivity contribution < 1.29 is 53.4 Å². The molecule has 5 atom stereocenters. The van der Waals surface area contributed by atoms with Gasteiger partial charge in [-0.25, -0.2) is 0 Å². The van der Waals surface area contributed by atoms with Gasteiger partial charge in [0.2, 0.25) is 12.3 Å². The van der Waals surface area contributed by atoms with Crippen molar-refractivity contribution in [3.05, 3.63) is 0 Å². The molecule has 0 aromatic heterocycles. The molecule has 1 saturated heterocycles. The quantitative estimate of drug-likeness (QED) is 0.0816. The maximum atomic E-state index is 12.3. The molecule has 1 rings (SSSR count). The molecule has 0 aromatic rings. The van der Waals surface area contributed by atoms with Crippen LogP contribution in [-0.4, -0.2) is 137 Å². The molecule has 0 aromatic carbocycles. The minimum absolute atomic E-state index is 0.114. The highest BCUT2D eigenvalue weighted by Crippen LogP contribution is 2.21. The van der Waals surface area contributed by atoms with Gasteiger partial charge in [0.1, 0.15) is 24.4 Å². The van der Waals surface area contributed by atoms with Gasteiger partial charge >= 0.3 is 0 Å². The van der Waals surface area contributed by atoms with Crippen LogP contribution in [0.25, 0.3) is 0 Å². The van der Waals surface area contributed by atoms with Crippen LogP contribution in [0, 0.1) is 0 Å². The molecule has 1 aliphatic heterocycles. The molecule has 14 heteroatoms. The number of hydrogen-bond acceptors (Lipinski definition) is 11. The molecule has 0 radical (unpaired) electrons. The van der Waals surface area contributed by atoms with Crippen molar-refractivity contribution >= 4 is 18.2 Å². The summed E-state index contributed by atoms with van der Waals surface area (Å²) in [6.07, 6.45) is -7.10. The summed E-state index contributed by atoms with van der Waals surface area (Å²) < 4.78 is 26.1. The summed E-state index contributed by atoms with van der Waals surface area (Å²) in [6, 6.07) is 0. The second-order valence-electron chi connectivity index (χ2n) is 6.99. The predicted molar refractivity (Wildman–Crippen MR) is 111 cm³/mol. The van der Waals surface area contributed by atoms with Gasteiger partial charge in [0.05, 0.1) is 52.8 Å². The van der Waals surface area contributed by atoms with E-state index in [9.17, 15) is 29.7 Å². The average molecular weight is 481 g/mol. The van der Waals surface area contributed by atoms with E-state index in [2.05, 4.69) is 16.0 Å². The van der Waals surface area contributed by atoms with E-state index >= 15 is 0 Å². The van der Waals surface area contributed by atoms with E-state index in [0.717, 1.165) is 0 Å². The highest BCUT2D eigenvalue weighted by atomic mass is 16.6. The summed E-state index contributed by atoms with van der Waals surface area (Å²) >= 11 is 0. The lowest BCUT2D eigenvalue weighted by molar-refractivity contribution is -0.219. The molecule has 1 fully saturated rings. The highest BCUT2D eigenvalue weighted by molar-refractivity contribution is 5.82. The zero-order valence-electron chi connectivity index (χ0n) is 18.6. The van der Waals surface area contributed by atoms with Gasteiger partial charge in [-0.1, -0.05) is 0 Å². The third kappa shape index (κ3) is 11.7. The molecule has 0 saturated carbocycles. The SMILES string of the molecule is COCCOCCOCCOCCNC(=O)C1OC(CNC(=O)CNC=O)C(O)C(O)C1O. The Morgan fingerprint density at radius 3 is 2.09 bits per heavy atom. The van der Waals surface area contributed by atoms with Crippen molar-refractivity contribution in [3.8, 4) is 0 Å². The summed E-state index contributed by atoms with van der Waals surface area (Å²) in [7, 11) is 1.59. The van der Waals surface area contributed by atoms with Gasteiger partial charge in [-0.05, 0) is 0 Å². The van der Waals surface area contributed by atoms with Crippen LogP contribution in [0.5, 0.6) is 0 Å². The summed E-state index contributed by atoms with van der Waals surface area (Å²) in [5.74, 6) is -1.26. The Balaban J connectivity index is 2.24. The van der Waals surface area contributed by atoms with Crippen LogP contribution in [0.15, 0.2) is 0 Å². The van der Waals surface area contributed by atoms with E-state index in [1.807, 2.05) is 0 Å². The van der Waals surface area contributed by atoms with Crippen LogP contribution in [-0.2, 0) is 38.1 Å². The summed E-state index contributed by atoms with van der Waals surface area (Å²) in [4.78, 5) is 34.1. The second-order valence-corrected chi connectivity index (χ2v) is 6.99. The van der Waals surface area contributed by atoms with Crippen LogP contribution in [0.4, 0.5) is 0 Å². The average Bonchev–Trinajstić information content (AvgIpc) is 2.81. The van der Waals surface area contributed by atoms with Crippen LogP contribution >= 0.6 is 0 Å². The minimum Gasteiger partial charge on any atom is -0.388 e. The zero-order chi connectivity index (χ0) is 24.5. The molecule has 1 heterocycles. The molecule has 5 unspecified atom stereocenters. The Hall–Kier alpha value is -1.91. The smallest absolute Gasteiger partial charge is 0.252 e. The highest BCUT2D eigenvalue weighted by Gasteiger charge is 2.46. The normalized spacial score (nSPS) is 24.8. The van der Waals surface area contributed by atoms with Gasteiger partial charge in [0.15, 0.2) is 6.10 Å². The first kappa shape index (κ1) is 29.1. The lowest BCUT2D eigenvalue weighted by Crippen LogP contribution is -2.63. The maximum Gasteiger partial charge on any atom is 0.252 e. The van der Waals surface area contributed by atoms with E-state index in [1.54, 1.807) is 7.11 Å². The van der Waals surface area contributed by atoms with Crippen molar-refractivity contribution in [3.63, 3.8) is 0 Å². The van der Waals surface area contributed by atoms with Crippen LogP contribution in [0.3, 0.4) is 0 Å². The number of rotatable bonds is 18. The molecule has 0 spiro atoms. The lowest BCUT2D eigenvalue weighted by atomic mass is 9.94. The van der Waals surface area contributed by atoms with Gasteiger partial charge in [0, 0.05) is 20.2 Å². The zero-order valence-corrected chi connectivity index (χ0v) is 18.6. The molecule has 0 bridgehead atoms. The molecule has 0 aliphatic carbocycles. The third-order valence-electron chi connectivity index (χ3n) is 4.54.